The van der Waals surface area contributed by atoms with Crippen LogP contribution < -0.4 is 0 Å². The van der Waals surface area contributed by atoms with Gasteiger partial charge in [-0.3, -0.25) is 10.1 Å². The van der Waals surface area contributed by atoms with Gasteiger partial charge in [-0.15, -0.1) is 0 Å². The van der Waals surface area contributed by atoms with E-state index in [0.29, 0.717) is 5.92 Å². The van der Waals surface area contributed by atoms with E-state index in [-0.39, 0.29) is 12.0 Å². The first-order valence-electron chi connectivity index (χ1n) is 6.80. The Bertz CT molecular complexity index is 567. The van der Waals surface area contributed by atoms with Gasteiger partial charge in [-0.1, -0.05) is 31.9 Å². The van der Waals surface area contributed by atoms with Crippen LogP contribution in [0.25, 0.3) is 0 Å². The van der Waals surface area contributed by atoms with Crippen molar-refractivity contribution in [2.45, 2.75) is 39.0 Å². The zero-order valence-electron chi connectivity index (χ0n) is 11.4. The number of hydrogen-bond acceptors (Lipinski definition) is 3. The molecule has 1 aliphatic rings. The molecular formula is C15H17FN2O2. The highest BCUT2D eigenvalue weighted by Crippen LogP contribution is 2.42. The molecule has 106 valence electrons. The monoisotopic (exact) mass is 276 g/mol. The Labute approximate surface area is 117 Å². The summed E-state index contributed by atoms with van der Waals surface area (Å²) in [6.45, 7) is 2.09. The molecular weight excluding hydrogens is 259 g/mol. The van der Waals surface area contributed by atoms with Crippen molar-refractivity contribution in [3.05, 3.63) is 39.7 Å². The Morgan fingerprint density at radius 3 is 2.95 bits per heavy atom. The van der Waals surface area contributed by atoms with Crippen molar-refractivity contribution in [1.29, 1.82) is 5.26 Å². The summed E-state index contributed by atoms with van der Waals surface area (Å²) in [5.41, 5.74) is -0.831. The maximum Gasteiger partial charge on any atom is 0.305 e. The molecule has 2 unspecified atom stereocenters. The minimum Gasteiger partial charge on any atom is -0.258 e. The predicted molar refractivity (Wildman–Crippen MR) is 72.4 cm³/mol. The molecule has 4 nitrogen and oxygen atoms in total. The third kappa shape index (κ3) is 2.79. The van der Waals surface area contributed by atoms with Crippen LogP contribution in [0.4, 0.5) is 10.1 Å². The number of nitro benzene ring substituents is 1. The van der Waals surface area contributed by atoms with E-state index < -0.39 is 21.8 Å². The summed E-state index contributed by atoms with van der Waals surface area (Å²) < 4.78 is 14.1. The SMILES string of the molecule is CC1CCCC(C#N)(Cc2cccc([N+](=O)[O-])c2F)C1. The molecule has 0 heterocycles. The molecule has 0 spiro atoms. The van der Waals surface area contributed by atoms with E-state index in [1.54, 1.807) is 6.07 Å². The topological polar surface area (TPSA) is 66.9 Å². The van der Waals surface area contributed by atoms with Gasteiger partial charge in [-0.25, -0.2) is 0 Å². The van der Waals surface area contributed by atoms with Gasteiger partial charge in [-0.05, 0) is 30.7 Å². The van der Waals surface area contributed by atoms with Gasteiger partial charge in [0.1, 0.15) is 0 Å². The molecule has 0 saturated heterocycles. The summed E-state index contributed by atoms with van der Waals surface area (Å²) in [6, 6.07) is 6.51. The van der Waals surface area contributed by atoms with E-state index >= 15 is 0 Å². The second-order valence-electron chi connectivity index (χ2n) is 5.78. The molecule has 0 aliphatic heterocycles. The fourth-order valence-corrected chi connectivity index (χ4v) is 3.17. The van der Waals surface area contributed by atoms with Gasteiger partial charge in [0.25, 0.3) is 0 Å². The van der Waals surface area contributed by atoms with Crippen molar-refractivity contribution in [1.82, 2.24) is 0 Å². The Balaban J connectivity index is 2.31. The second kappa shape index (κ2) is 5.58. The molecule has 5 heteroatoms. The average molecular weight is 276 g/mol. The van der Waals surface area contributed by atoms with Gasteiger partial charge < -0.3 is 0 Å². The molecule has 1 aromatic carbocycles. The Morgan fingerprint density at radius 2 is 2.35 bits per heavy atom. The van der Waals surface area contributed by atoms with Crippen molar-refractivity contribution >= 4 is 5.69 Å². The number of halogens is 1. The first-order valence-corrected chi connectivity index (χ1v) is 6.80. The highest BCUT2D eigenvalue weighted by atomic mass is 19.1. The summed E-state index contributed by atoms with van der Waals surface area (Å²) in [4.78, 5) is 10.0. The van der Waals surface area contributed by atoms with Crippen LogP contribution in [-0.2, 0) is 6.42 Å². The molecule has 1 aliphatic carbocycles. The molecule has 0 amide bonds. The zero-order chi connectivity index (χ0) is 14.8. The molecule has 1 saturated carbocycles. The van der Waals surface area contributed by atoms with Crippen molar-refractivity contribution in [2.75, 3.05) is 0 Å². The van der Waals surface area contributed by atoms with Crippen LogP contribution in [-0.4, -0.2) is 4.92 Å². The standard InChI is InChI=1S/C15H17FN2O2/c1-11-4-3-7-15(8-11,10-17)9-12-5-2-6-13(14(12)16)18(19)20/h2,5-6,11H,3-4,7-9H2,1H3. The summed E-state index contributed by atoms with van der Waals surface area (Å²) in [5.74, 6) is -0.365. The normalized spacial score (nSPS) is 25.9. The van der Waals surface area contributed by atoms with Crippen LogP contribution in [0.3, 0.4) is 0 Å². The van der Waals surface area contributed by atoms with Gasteiger partial charge >= 0.3 is 5.69 Å². The first kappa shape index (κ1) is 14.4. The van der Waals surface area contributed by atoms with Crippen molar-refractivity contribution < 1.29 is 9.31 Å². The fourth-order valence-electron chi connectivity index (χ4n) is 3.17. The number of nitro groups is 1. The van der Waals surface area contributed by atoms with Crippen LogP contribution in [0.15, 0.2) is 18.2 Å². The summed E-state index contributed by atoms with van der Waals surface area (Å²) in [7, 11) is 0. The van der Waals surface area contributed by atoms with Crippen LogP contribution in [0, 0.1) is 38.6 Å². The molecule has 1 aromatic rings. The minimum absolute atomic E-state index is 0.251. The van der Waals surface area contributed by atoms with E-state index in [0.717, 1.165) is 31.7 Å². The van der Waals surface area contributed by atoms with Crippen LogP contribution >= 0.6 is 0 Å². The first-order chi connectivity index (χ1) is 9.47. The number of benzene rings is 1. The van der Waals surface area contributed by atoms with Crippen molar-refractivity contribution in [3.63, 3.8) is 0 Å². The number of rotatable bonds is 3. The lowest BCUT2D eigenvalue weighted by atomic mass is 9.68. The third-order valence-corrected chi connectivity index (χ3v) is 4.11. The maximum absolute atomic E-state index is 14.1. The predicted octanol–water partition coefficient (Wildman–Crippen LogP) is 4.00. The lowest BCUT2D eigenvalue weighted by molar-refractivity contribution is -0.387. The second-order valence-corrected chi connectivity index (χ2v) is 5.78. The lowest BCUT2D eigenvalue weighted by Gasteiger charge is -2.34. The van der Waals surface area contributed by atoms with Crippen LogP contribution in [0.1, 0.15) is 38.2 Å². The van der Waals surface area contributed by atoms with E-state index in [1.165, 1.54) is 6.07 Å². The van der Waals surface area contributed by atoms with Gasteiger partial charge in [-0.2, -0.15) is 9.65 Å². The van der Waals surface area contributed by atoms with E-state index in [1.807, 2.05) is 0 Å². The molecule has 0 radical (unpaired) electrons. The molecule has 20 heavy (non-hydrogen) atoms. The zero-order valence-corrected chi connectivity index (χ0v) is 11.4. The largest absolute Gasteiger partial charge is 0.305 e. The van der Waals surface area contributed by atoms with Gasteiger partial charge in [0.05, 0.1) is 16.4 Å². The molecule has 1 fully saturated rings. The lowest BCUT2D eigenvalue weighted by Crippen LogP contribution is -2.29. The Hall–Kier alpha value is -1.96. The smallest absolute Gasteiger partial charge is 0.258 e. The van der Waals surface area contributed by atoms with Gasteiger partial charge in [0.2, 0.25) is 5.82 Å². The highest BCUT2D eigenvalue weighted by Gasteiger charge is 2.36. The van der Waals surface area contributed by atoms with E-state index in [4.69, 9.17) is 0 Å². The molecule has 2 atom stereocenters. The van der Waals surface area contributed by atoms with Gasteiger partial charge in [0.15, 0.2) is 0 Å². The van der Waals surface area contributed by atoms with Crippen molar-refractivity contribution in [2.24, 2.45) is 11.3 Å². The Morgan fingerprint density at radius 1 is 1.60 bits per heavy atom. The summed E-state index contributed by atoms with van der Waals surface area (Å²) in [5, 5.41) is 20.3. The quantitative estimate of drug-likeness (QED) is 0.619. The van der Waals surface area contributed by atoms with Gasteiger partial charge in [0, 0.05) is 6.07 Å². The fraction of sp³-hybridized carbons (Fsp3) is 0.533. The number of hydrogen-bond donors (Lipinski definition) is 0. The molecule has 0 N–H and O–H groups in total. The maximum atomic E-state index is 14.1. The van der Waals surface area contributed by atoms with E-state index in [9.17, 15) is 19.8 Å². The minimum atomic E-state index is -0.801. The Kier molecular flexibility index (Phi) is 4.03. The summed E-state index contributed by atoms with van der Waals surface area (Å²) in [6.07, 6.45) is 3.75. The van der Waals surface area contributed by atoms with Crippen LogP contribution in [0.5, 0.6) is 0 Å². The number of nitrogens with zero attached hydrogens (tertiary/aromatic N) is 2. The van der Waals surface area contributed by atoms with Crippen LogP contribution in [0.2, 0.25) is 0 Å². The third-order valence-electron chi connectivity index (χ3n) is 4.11. The summed E-state index contributed by atoms with van der Waals surface area (Å²) >= 11 is 0. The molecule has 2 rings (SSSR count). The number of nitriles is 1. The average Bonchev–Trinajstić information content (AvgIpc) is 2.41. The molecule has 0 aromatic heterocycles. The van der Waals surface area contributed by atoms with E-state index in [2.05, 4.69) is 13.0 Å². The highest BCUT2D eigenvalue weighted by molar-refractivity contribution is 5.37. The molecule has 0 bridgehead atoms. The van der Waals surface area contributed by atoms with Crippen molar-refractivity contribution in [3.8, 4) is 6.07 Å².